The third-order valence-corrected chi connectivity index (χ3v) is 3.89. The summed E-state index contributed by atoms with van der Waals surface area (Å²) in [6.45, 7) is 4.75. The van der Waals surface area contributed by atoms with E-state index in [2.05, 4.69) is 5.32 Å². The Morgan fingerprint density at radius 3 is 2.35 bits per heavy atom. The van der Waals surface area contributed by atoms with Crippen molar-refractivity contribution in [3.8, 4) is 0 Å². The lowest BCUT2D eigenvalue weighted by molar-refractivity contribution is -0.147. The van der Waals surface area contributed by atoms with Crippen LogP contribution in [0.2, 0.25) is 0 Å². The van der Waals surface area contributed by atoms with Gasteiger partial charge in [0.25, 0.3) is 0 Å². The Hall–Kier alpha value is -1.85. The highest BCUT2D eigenvalue weighted by Gasteiger charge is 2.32. The molecule has 0 unspecified atom stereocenters. The second-order valence-corrected chi connectivity index (χ2v) is 5.81. The number of esters is 2. The van der Waals surface area contributed by atoms with Gasteiger partial charge in [-0.05, 0) is 31.8 Å². The molecule has 23 heavy (non-hydrogen) atoms. The van der Waals surface area contributed by atoms with Crippen LogP contribution in [0, 0.1) is 5.92 Å². The van der Waals surface area contributed by atoms with Gasteiger partial charge in [-0.15, -0.1) is 0 Å². The van der Waals surface area contributed by atoms with E-state index < -0.39 is 18.0 Å². The normalized spacial score (nSPS) is 18.2. The summed E-state index contributed by atoms with van der Waals surface area (Å²) in [4.78, 5) is 34.5. The van der Waals surface area contributed by atoms with Crippen molar-refractivity contribution < 1.29 is 23.9 Å². The summed E-state index contributed by atoms with van der Waals surface area (Å²) in [6.07, 6.45) is 7.39. The fourth-order valence-corrected chi connectivity index (χ4v) is 2.98. The summed E-state index contributed by atoms with van der Waals surface area (Å²) in [6, 6.07) is -0.331. The van der Waals surface area contributed by atoms with Crippen LogP contribution in [0.3, 0.4) is 0 Å². The second kappa shape index (κ2) is 10.0. The molecule has 0 radical (unpaired) electrons. The zero-order valence-corrected chi connectivity index (χ0v) is 14.2. The zero-order chi connectivity index (χ0) is 17.2. The topological polar surface area (TPSA) is 81.7 Å². The third-order valence-electron chi connectivity index (χ3n) is 3.89. The van der Waals surface area contributed by atoms with E-state index in [4.69, 9.17) is 9.47 Å². The van der Waals surface area contributed by atoms with Crippen molar-refractivity contribution in [1.29, 1.82) is 0 Å². The number of nitrogens with one attached hydrogen (secondary N) is 1. The van der Waals surface area contributed by atoms with E-state index >= 15 is 0 Å². The number of hydrogen-bond donors (Lipinski definition) is 1. The number of rotatable bonds is 7. The van der Waals surface area contributed by atoms with Gasteiger partial charge in [-0.25, -0.2) is 4.79 Å². The molecule has 0 heterocycles. The van der Waals surface area contributed by atoms with E-state index in [9.17, 15) is 14.4 Å². The molecule has 0 saturated heterocycles. The first kappa shape index (κ1) is 19.2. The number of amides is 1. The van der Waals surface area contributed by atoms with E-state index in [-0.39, 0.29) is 24.5 Å². The van der Waals surface area contributed by atoms with Gasteiger partial charge in [-0.1, -0.05) is 19.3 Å². The Balaban J connectivity index is 2.92. The minimum Gasteiger partial charge on any atom is -0.463 e. The Morgan fingerprint density at radius 1 is 1.17 bits per heavy atom. The number of carbonyl (C=O) groups excluding carboxylic acids is 3. The number of hydrogen-bond acceptors (Lipinski definition) is 5. The van der Waals surface area contributed by atoms with Gasteiger partial charge in [0, 0.05) is 19.9 Å². The van der Waals surface area contributed by atoms with Crippen molar-refractivity contribution in [3.63, 3.8) is 0 Å². The summed E-state index contributed by atoms with van der Waals surface area (Å²) in [7, 11) is 0. The minimum atomic E-state index is -0.677. The average Bonchev–Trinajstić information content (AvgIpc) is 2.50. The lowest BCUT2D eigenvalue weighted by atomic mass is 9.81. The van der Waals surface area contributed by atoms with Gasteiger partial charge in [0.1, 0.15) is 6.10 Å². The summed E-state index contributed by atoms with van der Waals surface area (Å²) in [5, 5.41) is 2.89. The molecule has 0 aromatic carbocycles. The highest BCUT2D eigenvalue weighted by molar-refractivity contribution is 5.82. The molecule has 6 nitrogen and oxygen atoms in total. The standard InChI is InChI=1S/C17H27NO5/c1-4-22-16(21)11-10-15(23-13(3)20)17(18-12(2)19)14-8-6-5-7-9-14/h10-11,14-15,17H,4-9H2,1-3H3,(H,18,19)/b11-10+/t15-,17-/m1/s1. The molecule has 130 valence electrons. The van der Waals surface area contributed by atoms with Crippen LogP contribution in [0.25, 0.3) is 0 Å². The summed E-state index contributed by atoms with van der Waals surface area (Å²) in [5.74, 6) is -0.893. The van der Waals surface area contributed by atoms with Crippen molar-refractivity contribution >= 4 is 17.8 Å². The maximum Gasteiger partial charge on any atom is 0.330 e. The van der Waals surface area contributed by atoms with Crippen LogP contribution >= 0.6 is 0 Å². The molecule has 1 saturated carbocycles. The van der Waals surface area contributed by atoms with Crippen molar-refractivity contribution in [1.82, 2.24) is 5.32 Å². The van der Waals surface area contributed by atoms with Gasteiger partial charge in [0.2, 0.25) is 5.91 Å². The smallest absolute Gasteiger partial charge is 0.330 e. The Morgan fingerprint density at radius 2 is 1.83 bits per heavy atom. The maximum absolute atomic E-state index is 11.6. The molecule has 6 heteroatoms. The maximum atomic E-state index is 11.6. The molecule has 2 atom stereocenters. The average molecular weight is 325 g/mol. The van der Waals surface area contributed by atoms with Gasteiger partial charge >= 0.3 is 11.9 Å². The Labute approximate surface area is 137 Å². The molecule has 0 aromatic rings. The zero-order valence-electron chi connectivity index (χ0n) is 14.2. The van der Waals surface area contributed by atoms with Crippen LogP contribution in [0.15, 0.2) is 12.2 Å². The van der Waals surface area contributed by atoms with Crippen LogP contribution in [-0.4, -0.2) is 36.6 Å². The number of carbonyl (C=O) groups is 3. The largest absolute Gasteiger partial charge is 0.463 e. The fourth-order valence-electron chi connectivity index (χ4n) is 2.98. The molecule has 0 spiro atoms. The molecule has 1 fully saturated rings. The van der Waals surface area contributed by atoms with E-state index in [0.29, 0.717) is 0 Å². The molecule has 0 bridgehead atoms. The lowest BCUT2D eigenvalue weighted by Gasteiger charge is -2.34. The van der Waals surface area contributed by atoms with Crippen LogP contribution in [-0.2, 0) is 23.9 Å². The molecule has 0 aromatic heterocycles. The van der Waals surface area contributed by atoms with E-state index in [0.717, 1.165) is 25.7 Å². The first-order valence-corrected chi connectivity index (χ1v) is 8.23. The van der Waals surface area contributed by atoms with Gasteiger partial charge < -0.3 is 14.8 Å². The van der Waals surface area contributed by atoms with Gasteiger partial charge in [-0.3, -0.25) is 9.59 Å². The molecular formula is C17H27NO5. The van der Waals surface area contributed by atoms with Crippen LogP contribution < -0.4 is 5.32 Å². The fraction of sp³-hybridized carbons (Fsp3) is 0.706. The molecule has 0 aliphatic heterocycles. The van der Waals surface area contributed by atoms with Crippen LogP contribution in [0.4, 0.5) is 0 Å². The minimum absolute atomic E-state index is 0.178. The van der Waals surface area contributed by atoms with E-state index in [1.54, 1.807) is 6.92 Å². The third kappa shape index (κ3) is 7.30. The van der Waals surface area contributed by atoms with E-state index in [1.807, 2.05) is 0 Å². The summed E-state index contributed by atoms with van der Waals surface area (Å²) >= 11 is 0. The van der Waals surface area contributed by atoms with Gasteiger partial charge in [0.15, 0.2) is 0 Å². The van der Waals surface area contributed by atoms with Crippen molar-refractivity contribution in [3.05, 3.63) is 12.2 Å². The molecular weight excluding hydrogens is 298 g/mol. The predicted molar refractivity (Wildman–Crippen MR) is 85.5 cm³/mol. The van der Waals surface area contributed by atoms with Crippen LogP contribution in [0.1, 0.15) is 52.9 Å². The SMILES string of the molecule is CCOC(=O)/C=C/[C@@H](OC(C)=O)[C@H](NC(C)=O)C1CCCCC1. The highest BCUT2D eigenvalue weighted by atomic mass is 16.5. The van der Waals surface area contributed by atoms with Gasteiger partial charge in [0.05, 0.1) is 12.6 Å². The Kier molecular flexibility index (Phi) is 8.37. The van der Waals surface area contributed by atoms with Crippen molar-refractivity contribution in [2.45, 2.75) is 65.0 Å². The Bertz CT molecular complexity index is 440. The first-order valence-electron chi connectivity index (χ1n) is 8.23. The second-order valence-electron chi connectivity index (χ2n) is 5.81. The van der Waals surface area contributed by atoms with Crippen molar-refractivity contribution in [2.24, 2.45) is 5.92 Å². The lowest BCUT2D eigenvalue weighted by Crippen LogP contribution is -2.49. The summed E-state index contributed by atoms with van der Waals surface area (Å²) < 4.78 is 10.2. The van der Waals surface area contributed by atoms with Gasteiger partial charge in [-0.2, -0.15) is 0 Å². The molecule has 1 rings (SSSR count). The monoisotopic (exact) mass is 325 g/mol. The van der Waals surface area contributed by atoms with Crippen LogP contribution in [0.5, 0.6) is 0 Å². The van der Waals surface area contributed by atoms with Crippen molar-refractivity contribution in [2.75, 3.05) is 6.61 Å². The molecule has 1 aliphatic rings. The highest BCUT2D eigenvalue weighted by Crippen LogP contribution is 2.29. The molecule has 1 aliphatic carbocycles. The predicted octanol–water partition coefficient (Wildman–Crippen LogP) is 2.12. The van der Waals surface area contributed by atoms with E-state index in [1.165, 1.54) is 32.4 Å². The molecule has 1 amide bonds. The molecule has 1 N–H and O–H groups in total. The number of ether oxygens (including phenoxy) is 2. The quantitative estimate of drug-likeness (QED) is 0.573. The summed E-state index contributed by atoms with van der Waals surface area (Å²) in [5.41, 5.74) is 0. The first-order chi connectivity index (χ1) is 10.9.